The van der Waals surface area contributed by atoms with Crippen molar-refractivity contribution >= 4 is 131 Å². The lowest BCUT2D eigenvalue weighted by molar-refractivity contribution is -0.161. The summed E-state index contributed by atoms with van der Waals surface area (Å²) in [4.78, 5) is 78.2. The summed E-state index contributed by atoms with van der Waals surface area (Å²) in [5, 5.41) is 37.8. The summed E-state index contributed by atoms with van der Waals surface area (Å²) in [7, 11) is 1.68. The number of carboxylic acid groups (broad SMARTS) is 3. The van der Waals surface area contributed by atoms with E-state index in [1.165, 1.54) is 32.5 Å². The number of aliphatic carboxylic acids is 3. The third-order valence-electron chi connectivity index (χ3n) is 22.1. The minimum atomic E-state index is -3.02. The molecule has 0 aliphatic carbocycles. The summed E-state index contributed by atoms with van der Waals surface area (Å²) >= 11 is 3.77. The molecule has 12 heterocycles. The fourth-order valence-electron chi connectivity index (χ4n) is 17.3. The van der Waals surface area contributed by atoms with E-state index in [1.54, 1.807) is 79.4 Å². The van der Waals surface area contributed by atoms with Gasteiger partial charge in [-0.25, -0.2) is 46.9 Å². The van der Waals surface area contributed by atoms with Crippen molar-refractivity contribution < 1.29 is 80.4 Å². The smallest absolute Gasteiger partial charge is 0.337 e. The highest BCUT2D eigenvalue weighted by Gasteiger charge is 2.49. The van der Waals surface area contributed by atoms with E-state index in [4.69, 9.17) is 63.1 Å². The normalized spacial score (nSPS) is 18.7. The van der Waals surface area contributed by atoms with Crippen LogP contribution >= 0.6 is 34.0 Å². The molecule has 590 valence electrons. The molecular weight excluding hydrogens is 1530 g/mol. The third-order valence-corrected chi connectivity index (χ3v) is 25.5. The van der Waals surface area contributed by atoms with Crippen molar-refractivity contribution in [3.63, 3.8) is 0 Å². The van der Waals surface area contributed by atoms with Gasteiger partial charge in [0.2, 0.25) is 0 Å². The van der Waals surface area contributed by atoms with Crippen molar-refractivity contribution in [3.05, 3.63) is 140 Å². The van der Waals surface area contributed by atoms with Gasteiger partial charge >= 0.3 is 17.9 Å². The number of fused-ring (bicyclic) bond motifs is 3. The van der Waals surface area contributed by atoms with Crippen molar-refractivity contribution in [1.29, 1.82) is 0 Å². The summed E-state index contributed by atoms with van der Waals surface area (Å²) < 4.78 is 109. The molecule has 6 aliphatic rings. The Morgan fingerprint density at radius 2 is 0.895 bits per heavy atom. The van der Waals surface area contributed by atoms with Crippen LogP contribution in [0.2, 0.25) is 0 Å². The van der Waals surface area contributed by atoms with Crippen LogP contribution in [0.15, 0.2) is 79.3 Å². The summed E-state index contributed by atoms with van der Waals surface area (Å²) in [6.45, 7) is 20.8. The molecule has 2 unspecified atom stereocenters. The second-order valence-electron chi connectivity index (χ2n) is 33.5. The number of hydrogen-bond acceptors (Lipinski definition) is 22. The second-order valence-corrected chi connectivity index (χ2v) is 36.4. The summed E-state index contributed by atoms with van der Waals surface area (Å²) in [6.07, 6.45) is -0.518. The number of carboxylic acids is 3. The molecule has 5 atom stereocenters. The summed E-state index contributed by atoms with van der Waals surface area (Å²) in [6, 6.07) is 18.6. The number of hydrogen-bond donors (Lipinski definition) is 3. The van der Waals surface area contributed by atoms with Crippen LogP contribution in [0, 0.1) is 20.8 Å². The number of methoxy groups -OCH3 is 1. The molecule has 0 spiro atoms. The molecule has 12 aromatic rings. The first kappa shape index (κ1) is 75.3. The minimum absolute atomic E-state index is 0.0319. The summed E-state index contributed by atoms with van der Waals surface area (Å²) in [5.41, 5.74) is 9.05. The van der Waals surface area contributed by atoms with E-state index in [1.807, 2.05) is 90.1 Å². The Hall–Kier alpha value is -10.0. The topological polar surface area (TPSA) is 264 Å². The molecule has 6 aliphatic heterocycles. The number of carbonyl (C=O) groups is 3. The van der Waals surface area contributed by atoms with Gasteiger partial charge in [-0.05, 0) is 177 Å². The first-order chi connectivity index (χ1) is 54.0. The number of nitrogens with zero attached hydrogens (tertiary/aromatic N) is 9. The number of benzene rings is 6. The zero-order valence-electron chi connectivity index (χ0n) is 64.7. The standard InChI is InChI=1S/C85H81F4N9O13S3/c1-37-28-47-72(112-78(93-47)96-31-43(32-96)105-13)61(53(37)69(75(99)100)109-81(4,5)6)44-15-18-49-59-41(21-25-91-65(44)59)29-51(107-49)55-39(3)57(71(77(103)104)111-83(10,11)12)63(74-68(55)95-80(114-74)98-35-85(88,89)36-98)46-16-19-50-60-42(22-26-92-66(46)60)30-52(108-50)54-38(2)56(70(76(101)102)110-82(7,8)9)62(73-67(54)94-79(113-73)97-33-84(86,87)34-97)45-14-17-48-58-40(23-27-106-48)20-24-90-64(45)58/h14-22,24-26,28,43,51-52,69-71H,23,27,29-36H2,1-13H3,(H,99,100)(H,101,102)(H,103,104)/t51?,52?,69-,70-,71-/m0/s1. The Balaban J connectivity index is 0.805. The maximum atomic E-state index is 15.3. The van der Waals surface area contributed by atoms with Crippen molar-refractivity contribution in [3.8, 4) is 50.6 Å². The average molecular weight is 1610 g/mol. The van der Waals surface area contributed by atoms with Crippen LogP contribution in [0.4, 0.5) is 33.0 Å². The van der Waals surface area contributed by atoms with Gasteiger partial charge < -0.3 is 63.2 Å². The predicted octanol–water partition coefficient (Wildman–Crippen LogP) is 17.9. The highest BCUT2D eigenvalue weighted by Crippen LogP contribution is 2.58. The highest BCUT2D eigenvalue weighted by atomic mass is 32.1. The maximum absolute atomic E-state index is 15.3. The van der Waals surface area contributed by atoms with Gasteiger partial charge in [0.25, 0.3) is 11.8 Å². The Bertz CT molecular complexity index is 6070. The molecule has 6 aromatic carbocycles. The molecule has 3 saturated heterocycles. The highest BCUT2D eigenvalue weighted by molar-refractivity contribution is 7.23. The Labute approximate surface area is 663 Å². The Morgan fingerprint density at radius 3 is 1.31 bits per heavy atom. The fourth-order valence-corrected chi connectivity index (χ4v) is 20.8. The lowest BCUT2D eigenvalue weighted by Crippen LogP contribution is -2.56. The van der Waals surface area contributed by atoms with Gasteiger partial charge in [-0.15, -0.1) is 0 Å². The fraction of sp³-hybridized carbons (Fsp3) is 0.400. The second kappa shape index (κ2) is 26.8. The first-order valence-corrected chi connectivity index (χ1v) is 40.2. The van der Waals surface area contributed by atoms with Gasteiger partial charge in [0.1, 0.15) is 29.5 Å². The lowest BCUT2D eigenvalue weighted by atomic mass is 9.82. The van der Waals surface area contributed by atoms with Gasteiger partial charge in [-0.3, -0.25) is 15.0 Å². The number of halogens is 4. The molecule has 3 fully saturated rings. The van der Waals surface area contributed by atoms with E-state index < -0.39 is 103 Å². The maximum Gasteiger partial charge on any atom is 0.337 e. The van der Waals surface area contributed by atoms with Gasteiger partial charge in [0.05, 0.1) is 103 Å². The molecule has 0 radical (unpaired) electrons. The van der Waals surface area contributed by atoms with E-state index in [2.05, 4.69) is 4.90 Å². The molecule has 29 heteroatoms. The van der Waals surface area contributed by atoms with E-state index in [0.29, 0.717) is 174 Å². The molecule has 18 rings (SSSR count). The monoisotopic (exact) mass is 1610 g/mol. The number of rotatable bonds is 18. The van der Waals surface area contributed by atoms with E-state index >= 15 is 17.6 Å². The van der Waals surface area contributed by atoms with E-state index in [9.17, 15) is 29.7 Å². The van der Waals surface area contributed by atoms with Crippen LogP contribution < -0.4 is 28.9 Å². The van der Waals surface area contributed by atoms with Crippen LogP contribution in [-0.4, -0.2) is 151 Å². The van der Waals surface area contributed by atoms with Crippen LogP contribution in [0.25, 0.3) is 96.7 Å². The SMILES string of the molecule is COC1CN(c2nc3cc(C)c([C@H](OC(C)(C)C)C(=O)O)c(-c4ccc5c6c(ccnc46)CC(c4c(C)c([C@H](OC(C)(C)C)C(=O)O)c(-c6ccc7c8c(ccnc68)CC(c6c(C)c([C@H](OC(C)(C)C)C(=O)O)c(-c8ccc9c%10c(ccnc8%10)CCO9)c8sc(N9CC(F)(F)C9)nc68)O7)c6sc(N7CC(F)(F)C7)nc46)O5)c3s2)C1. The molecule has 6 aromatic heterocycles. The van der Waals surface area contributed by atoms with Crippen molar-refractivity contribution in [2.45, 2.75) is 168 Å². The molecule has 22 nitrogen and oxygen atoms in total. The molecule has 114 heavy (non-hydrogen) atoms. The van der Waals surface area contributed by atoms with Gasteiger partial charge in [-0.1, -0.05) is 34.0 Å². The van der Waals surface area contributed by atoms with Gasteiger partial charge in [0.15, 0.2) is 33.7 Å². The number of aromatic nitrogens is 6. The largest absolute Gasteiger partial charge is 0.493 e. The molecular formula is C85H81F4N9O13S3. The van der Waals surface area contributed by atoms with Crippen molar-refractivity contribution in [1.82, 2.24) is 29.9 Å². The molecule has 0 bridgehead atoms. The predicted molar refractivity (Wildman–Crippen MR) is 430 cm³/mol. The number of alkyl halides is 4. The lowest BCUT2D eigenvalue weighted by Gasteiger charge is -2.38. The Kier molecular flexibility index (Phi) is 17.7. The molecule has 0 saturated carbocycles. The average Bonchev–Trinajstić information content (AvgIpc) is 1.38. The number of anilines is 3. The van der Waals surface area contributed by atoms with E-state index in [0.717, 1.165) is 43.2 Å². The first-order valence-electron chi connectivity index (χ1n) is 37.8. The van der Waals surface area contributed by atoms with Crippen LogP contribution in [-0.2, 0) is 52.6 Å². The van der Waals surface area contributed by atoms with Gasteiger partial charge in [0, 0.05) is 135 Å². The Morgan fingerprint density at radius 1 is 0.509 bits per heavy atom. The van der Waals surface area contributed by atoms with Crippen LogP contribution in [0.5, 0.6) is 17.2 Å². The quantitative estimate of drug-likeness (QED) is 0.0674. The van der Waals surface area contributed by atoms with Crippen molar-refractivity contribution in [2.75, 3.05) is 67.7 Å². The summed E-state index contributed by atoms with van der Waals surface area (Å²) in [5.74, 6) is -8.38. The van der Waals surface area contributed by atoms with Crippen LogP contribution in [0.1, 0.15) is 154 Å². The van der Waals surface area contributed by atoms with Crippen molar-refractivity contribution in [2.24, 2.45) is 0 Å². The number of pyridine rings is 3. The number of ether oxygens (including phenoxy) is 7. The van der Waals surface area contributed by atoms with Gasteiger partial charge in [-0.2, -0.15) is 0 Å². The zero-order valence-corrected chi connectivity index (χ0v) is 67.2. The molecule has 0 amide bonds. The molecule has 3 N–H and O–H groups in total. The zero-order chi connectivity index (χ0) is 80.2. The van der Waals surface area contributed by atoms with Crippen LogP contribution in [0.3, 0.4) is 0 Å². The van der Waals surface area contributed by atoms with E-state index in [-0.39, 0.29) is 29.6 Å². The number of thiazole rings is 3. The minimum Gasteiger partial charge on any atom is -0.493 e. The third kappa shape index (κ3) is 12.7. The number of aryl methyl sites for hydroxylation is 1.